The summed E-state index contributed by atoms with van der Waals surface area (Å²) in [5.74, 6) is -0.0207. The molecule has 0 spiro atoms. The number of likely N-dealkylation sites (tertiary alicyclic amines) is 1. The molecule has 0 bridgehead atoms. The van der Waals surface area contributed by atoms with Crippen LogP contribution in [0, 0.1) is 5.21 Å². The maximum Gasteiger partial charge on any atom is 0.341 e. The van der Waals surface area contributed by atoms with E-state index in [-0.39, 0.29) is 12.5 Å². The normalized spacial score (nSPS) is 20.8. The Morgan fingerprint density at radius 1 is 1.33 bits per heavy atom. The number of nitrogens with zero attached hydrogens (tertiary/aromatic N) is 3. The van der Waals surface area contributed by atoms with Gasteiger partial charge in [-0.2, -0.15) is 10.2 Å². The average molecular weight is 256 g/mol. The number of aliphatic hydroxyl groups excluding tert-OH is 1. The molecule has 2 heterocycles. The van der Waals surface area contributed by atoms with E-state index in [4.69, 9.17) is 5.21 Å². The maximum atomic E-state index is 10.9. The molecule has 1 aliphatic rings. The minimum Gasteiger partial charge on any atom is -0.592 e. The second kappa shape index (κ2) is 6.26. The number of rotatable bonds is 5. The largest absolute Gasteiger partial charge is 0.592 e. The number of nitrogens with one attached hydrogen (secondary N) is 1. The lowest BCUT2D eigenvalue weighted by Gasteiger charge is -2.28. The van der Waals surface area contributed by atoms with Crippen LogP contribution < -0.4 is 5.23 Å². The van der Waals surface area contributed by atoms with Crippen LogP contribution in [0.25, 0.3) is 0 Å². The van der Waals surface area contributed by atoms with E-state index in [9.17, 15) is 10.3 Å². The number of quaternary nitrogens is 1. The Morgan fingerprint density at radius 2 is 2.06 bits per heavy atom. The van der Waals surface area contributed by atoms with Gasteiger partial charge in [-0.15, -0.1) is 0 Å². The van der Waals surface area contributed by atoms with Crippen molar-refractivity contribution in [1.29, 1.82) is 0 Å². The molecule has 1 aromatic rings. The van der Waals surface area contributed by atoms with Crippen molar-refractivity contribution in [2.24, 2.45) is 0 Å². The molecule has 18 heavy (non-hydrogen) atoms. The molecular formula is C11H20N4O3. The Morgan fingerprint density at radius 3 is 2.72 bits per heavy atom. The molecule has 0 amide bonds. The molecule has 1 aromatic heterocycles. The molecule has 1 fully saturated rings. The van der Waals surface area contributed by atoms with Crippen LogP contribution in [-0.4, -0.2) is 50.5 Å². The third kappa shape index (κ3) is 3.50. The van der Waals surface area contributed by atoms with Crippen LogP contribution in [0.5, 0.6) is 0 Å². The fourth-order valence-electron chi connectivity index (χ4n) is 2.38. The van der Waals surface area contributed by atoms with E-state index in [1.165, 1.54) is 30.0 Å². The summed E-state index contributed by atoms with van der Waals surface area (Å²) in [4.78, 5) is 5.98. The predicted octanol–water partition coefficient (Wildman–Crippen LogP) is -0.867. The van der Waals surface area contributed by atoms with Crippen LogP contribution in [0.1, 0.15) is 19.3 Å². The van der Waals surface area contributed by atoms with Gasteiger partial charge >= 0.3 is 5.95 Å². The smallest absolute Gasteiger partial charge is 0.341 e. The third-order valence-corrected chi connectivity index (χ3v) is 3.23. The topological polar surface area (TPSA) is 89.0 Å². The SMILES string of the molecule is [O-][NH+](O)c1nccn1CC(O)CN1CCCCC1. The van der Waals surface area contributed by atoms with E-state index in [1.807, 2.05) is 0 Å². The monoisotopic (exact) mass is 256 g/mol. The lowest BCUT2D eigenvalue weighted by atomic mass is 10.1. The minimum atomic E-state index is -1.06. The van der Waals surface area contributed by atoms with Crippen molar-refractivity contribution < 1.29 is 15.5 Å². The minimum absolute atomic E-state index is 0.0207. The molecule has 0 saturated carbocycles. The second-order valence-corrected chi connectivity index (χ2v) is 4.72. The van der Waals surface area contributed by atoms with E-state index in [1.54, 1.807) is 6.20 Å². The predicted molar refractivity (Wildman–Crippen MR) is 64.3 cm³/mol. The zero-order valence-corrected chi connectivity index (χ0v) is 10.3. The van der Waals surface area contributed by atoms with Gasteiger partial charge in [0.15, 0.2) is 0 Å². The van der Waals surface area contributed by atoms with Crippen molar-refractivity contribution in [1.82, 2.24) is 14.5 Å². The van der Waals surface area contributed by atoms with Gasteiger partial charge in [0.05, 0.1) is 18.8 Å². The Labute approximate surface area is 106 Å². The van der Waals surface area contributed by atoms with Crippen molar-refractivity contribution in [2.45, 2.75) is 31.9 Å². The Bertz CT molecular complexity index is 363. The van der Waals surface area contributed by atoms with Crippen molar-refractivity contribution in [2.75, 3.05) is 19.6 Å². The van der Waals surface area contributed by atoms with Gasteiger partial charge in [-0.1, -0.05) is 6.42 Å². The summed E-state index contributed by atoms with van der Waals surface area (Å²) in [6.07, 6.45) is 6.09. The molecular weight excluding hydrogens is 236 g/mol. The Kier molecular flexibility index (Phi) is 4.67. The van der Waals surface area contributed by atoms with Crippen LogP contribution in [0.15, 0.2) is 12.4 Å². The fourth-order valence-corrected chi connectivity index (χ4v) is 2.38. The molecule has 1 aliphatic heterocycles. The molecule has 3 N–H and O–H groups in total. The fraction of sp³-hybridized carbons (Fsp3) is 0.727. The maximum absolute atomic E-state index is 10.9. The van der Waals surface area contributed by atoms with Gasteiger partial charge in [-0.05, 0) is 25.9 Å². The molecule has 2 unspecified atom stereocenters. The molecule has 0 aliphatic carbocycles. The summed E-state index contributed by atoms with van der Waals surface area (Å²) >= 11 is 0. The first kappa shape index (κ1) is 13.4. The first-order chi connectivity index (χ1) is 8.66. The molecule has 0 aromatic carbocycles. The molecule has 7 nitrogen and oxygen atoms in total. The average Bonchev–Trinajstić information content (AvgIpc) is 2.78. The van der Waals surface area contributed by atoms with E-state index in [2.05, 4.69) is 9.88 Å². The van der Waals surface area contributed by atoms with Crippen LogP contribution >= 0.6 is 0 Å². The summed E-state index contributed by atoms with van der Waals surface area (Å²) in [7, 11) is 0. The summed E-state index contributed by atoms with van der Waals surface area (Å²) < 4.78 is 1.48. The number of aromatic nitrogens is 2. The summed E-state index contributed by atoms with van der Waals surface area (Å²) in [6, 6.07) is 0. The quantitative estimate of drug-likeness (QED) is 0.596. The standard InChI is InChI=1S/C11H20N4O3/c16-10(8-13-5-2-1-3-6-13)9-14-7-4-12-11(14)15(17)18/h4,7,10,15-17H,1-3,5-6,8-9H2. The molecule has 2 atom stereocenters. The number of hydrogen-bond donors (Lipinski definition) is 3. The molecule has 0 radical (unpaired) electrons. The van der Waals surface area contributed by atoms with Gasteiger partial charge < -0.3 is 15.2 Å². The zero-order valence-electron chi connectivity index (χ0n) is 10.3. The van der Waals surface area contributed by atoms with Crippen LogP contribution in [-0.2, 0) is 6.54 Å². The van der Waals surface area contributed by atoms with Crippen LogP contribution in [0.4, 0.5) is 5.95 Å². The van der Waals surface area contributed by atoms with Gasteiger partial charge in [0.2, 0.25) is 0 Å². The van der Waals surface area contributed by atoms with Crippen molar-refractivity contribution >= 4 is 5.95 Å². The number of imidazole rings is 1. The van der Waals surface area contributed by atoms with Gasteiger partial charge in [0.1, 0.15) is 0 Å². The van der Waals surface area contributed by atoms with Gasteiger partial charge in [0.25, 0.3) is 0 Å². The highest BCUT2D eigenvalue weighted by molar-refractivity contribution is 5.05. The highest BCUT2D eigenvalue weighted by atomic mass is 16.8. The van der Waals surface area contributed by atoms with Gasteiger partial charge in [-0.25, -0.2) is 5.21 Å². The zero-order chi connectivity index (χ0) is 13.0. The Balaban J connectivity index is 1.86. The number of β-amino-alcohol motifs (C(OH)–C–C–N with tert-alkyl or cyclic N) is 1. The number of piperidine rings is 1. The summed E-state index contributed by atoms with van der Waals surface area (Å²) in [5, 5.41) is 28.7. The van der Waals surface area contributed by atoms with E-state index in [0.717, 1.165) is 13.1 Å². The first-order valence-electron chi connectivity index (χ1n) is 6.31. The Hall–Kier alpha value is -0.990. The third-order valence-electron chi connectivity index (χ3n) is 3.23. The van der Waals surface area contributed by atoms with E-state index in [0.29, 0.717) is 6.54 Å². The molecule has 2 rings (SSSR count). The summed E-state index contributed by atoms with van der Waals surface area (Å²) in [5.41, 5.74) is 0. The lowest BCUT2D eigenvalue weighted by molar-refractivity contribution is -0.996. The van der Waals surface area contributed by atoms with E-state index < -0.39 is 11.3 Å². The van der Waals surface area contributed by atoms with Crippen LogP contribution in [0.2, 0.25) is 0 Å². The van der Waals surface area contributed by atoms with Gasteiger partial charge in [0, 0.05) is 12.7 Å². The lowest BCUT2D eigenvalue weighted by Crippen LogP contribution is -3.00. The number of hydrogen-bond acceptors (Lipinski definition) is 5. The second-order valence-electron chi connectivity index (χ2n) is 4.72. The van der Waals surface area contributed by atoms with Gasteiger partial charge in [-0.3, -0.25) is 4.57 Å². The summed E-state index contributed by atoms with van der Waals surface area (Å²) in [6.45, 7) is 2.91. The molecule has 7 heteroatoms. The first-order valence-corrected chi connectivity index (χ1v) is 6.31. The van der Waals surface area contributed by atoms with Crippen molar-refractivity contribution in [3.05, 3.63) is 17.6 Å². The van der Waals surface area contributed by atoms with Crippen molar-refractivity contribution in [3.8, 4) is 0 Å². The van der Waals surface area contributed by atoms with Crippen LogP contribution in [0.3, 0.4) is 0 Å². The highest BCUT2D eigenvalue weighted by Crippen LogP contribution is 2.10. The molecule has 102 valence electrons. The van der Waals surface area contributed by atoms with E-state index >= 15 is 0 Å². The molecule has 1 saturated heterocycles. The number of aliphatic hydroxyl groups is 1. The van der Waals surface area contributed by atoms with Crippen molar-refractivity contribution in [3.63, 3.8) is 0 Å². The highest BCUT2D eigenvalue weighted by Gasteiger charge is 2.17.